The fourth-order valence-corrected chi connectivity index (χ4v) is 1.89. The second-order valence-electron chi connectivity index (χ2n) is 3.45. The second kappa shape index (κ2) is 8.17. The smallest absolute Gasteiger partial charge is 0.197 e. The van der Waals surface area contributed by atoms with Gasteiger partial charge in [0.1, 0.15) is 0 Å². The van der Waals surface area contributed by atoms with Gasteiger partial charge >= 0.3 is 0 Å². The van der Waals surface area contributed by atoms with Crippen molar-refractivity contribution in [1.29, 1.82) is 0 Å². The van der Waals surface area contributed by atoms with Crippen LogP contribution in [0.2, 0.25) is 0 Å². The third-order valence-corrected chi connectivity index (χ3v) is 3.07. The Morgan fingerprint density at radius 2 is 1.50 bits per heavy atom. The van der Waals surface area contributed by atoms with Crippen molar-refractivity contribution in [2.45, 2.75) is 51.9 Å². The molecule has 5 heteroatoms. The molecule has 0 rings (SSSR count). The molecule has 0 aliphatic carbocycles. The van der Waals surface area contributed by atoms with Gasteiger partial charge in [-0.05, 0) is 10.9 Å². The number of unbranched alkanes of at least 4 members (excludes halogenated alkanes) is 6. The first-order chi connectivity index (χ1) is 6.62. The number of hydrogen-bond acceptors (Lipinski definition) is 3. The SMILES string of the molecule is CCCCCCCCCS(=O)(=O)OF. The molecule has 0 saturated carbocycles. The lowest BCUT2D eigenvalue weighted by Crippen LogP contribution is -2.05. The van der Waals surface area contributed by atoms with Crippen molar-refractivity contribution in [1.82, 2.24) is 0 Å². The maximum Gasteiger partial charge on any atom is 0.297 e. The van der Waals surface area contributed by atoms with Crippen LogP contribution in [0.4, 0.5) is 4.53 Å². The van der Waals surface area contributed by atoms with Crippen molar-refractivity contribution in [3.8, 4) is 0 Å². The van der Waals surface area contributed by atoms with Crippen molar-refractivity contribution >= 4 is 10.1 Å². The highest BCUT2D eigenvalue weighted by atomic mass is 32.2. The van der Waals surface area contributed by atoms with Crippen molar-refractivity contribution in [3.63, 3.8) is 0 Å². The third kappa shape index (κ3) is 8.44. The van der Waals surface area contributed by atoms with Crippen LogP contribution in [-0.2, 0) is 14.5 Å². The summed E-state index contributed by atoms with van der Waals surface area (Å²) < 4.78 is 35.3. The minimum atomic E-state index is -3.88. The molecule has 0 aromatic carbocycles. The van der Waals surface area contributed by atoms with E-state index in [0.717, 1.165) is 19.3 Å². The summed E-state index contributed by atoms with van der Waals surface area (Å²) in [6, 6.07) is 0. The van der Waals surface area contributed by atoms with E-state index in [0.29, 0.717) is 6.42 Å². The first-order valence-electron chi connectivity index (χ1n) is 5.15. The van der Waals surface area contributed by atoms with Gasteiger partial charge in [-0.2, -0.15) is 8.42 Å². The molecule has 0 aliphatic heterocycles. The highest BCUT2D eigenvalue weighted by Gasteiger charge is 2.09. The minimum absolute atomic E-state index is 0.211. The zero-order valence-electron chi connectivity index (χ0n) is 8.67. The number of rotatable bonds is 9. The Labute approximate surface area is 85.7 Å². The molecular weight excluding hydrogens is 207 g/mol. The molecule has 0 atom stereocenters. The average Bonchev–Trinajstić information content (AvgIpc) is 2.16. The van der Waals surface area contributed by atoms with Gasteiger partial charge in [0, 0.05) is 0 Å². The van der Waals surface area contributed by atoms with Gasteiger partial charge in [0.25, 0.3) is 10.1 Å². The average molecular weight is 226 g/mol. The summed E-state index contributed by atoms with van der Waals surface area (Å²) in [5.41, 5.74) is 0. The molecule has 0 amide bonds. The molecule has 0 saturated heterocycles. The monoisotopic (exact) mass is 226 g/mol. The fourth-order valence-electron chi connectivity index (χ4n) is 1.27. The molecule has 0 radical (unpaired) electrons. The van der Waals surface area contributed by atoms with Crippen LogP contribution in [0.25, 0.3) is 0 Å². The predicted molar refractivity (Wildman–Crippen MR) is 54.0 cm³/mol. The molecule has 0 aromatic heterocycles. The maximum atomic E-state index is 11.4. The highest BCUT2D eigenvalue weighted by Crippen LogP contribution is 2.08. The van der Waals surface area contributed by atoms with E-state index in [2.05, 4.69) is 11.3 Å². The highest BCUT2D eigenvalue weighted by molar-refractivity contribution is 7.86. The van der Waals surface area contributed by atoms with Gasteiger partial charge in [-0.3, -0.25) is 0 Å². The van der Waals surface area contributed by atoms with Gasteiger partial charge in [-0.1, -0.05) is 49.8 Å². The zero-order chi connectivity index (χ0) is 10.9. The Balaban J connectivity index is 3.22. The molecule has 0 heterocycles. The van der Waals surface area contributed by atoms with Gasteiger partial charge in [0.2, 0.25) is 0 Å². The zero-order valence-corrected chi connectivity index (χ0v) is 9.48. The van der Waals surface area contributed by atoms with Gasteiger partial charge in [-0.15, -0.1) is 0 Å². The third-order valence-electron chi connectivity index (χ3n) is 2.09. The van der Waals surface area contributed by atoms with Crippen LogP contribution in [0.15, 0.2) is 0 Å². The van der Waals surface area contributed by atoms with E-state index in [9.17, 15) is 12.9 Å². The quantitative estimate of drug-likeness (QED) is 0.568. The van der Waals surface area contributed by atoms with Gasteiger partial charge in [0.05, 0.1) is 5.75 Å². The van der Waals surface area contributed by atoms with Crippen LogP contribution in [-0.4, -0.2) is 14.2 Å². The number of hydrogen-bond donors (Lipinski definition) is 0. The van der Waals surface area contributed by atoms with Crippen molar-refractivity contribution in [2.75, 3.05) is 5.75 Å². The van der Waals surface area contributed by atoms with Crippen molar-refractivity contribution < 1.29 is 17.3 Å². The van der Waals surface area contributed by atoms with E-state index in [1.165, 1.54) is 19.3 Å². The molecule has 0 unspecified atom stereocenters. The van der Waals surface area contributed by atoms with Gasteiger partial charge < -0.3 is 0 Å². The number of halogens is 1. The van der Waals surface area contributed by atoms with Crippen LogP contribution < -0.4 is 0 Å². The van der Waals surface area contributed by atoms with Gasteiger partial charge in [-0.25, -0.2) is 0 Å². The van der Waals surface area contributed by atoms with E-state index in [1.54, 1.807) is 0 Å². The Hall–Kier alpha value is -0.160. The summed E-state index contributed by atoms with van der Waals surface area (Å²) in [5, 5.41) is 0. The fraction of sp³-hybridized carbons (Fsp3) is 1.00. The first-order valence-corrected chi connectivity index (χ1v) is 6.73. The molecule has 0 N–H and O–H groups in total. The second-order valence-corrected chi connectivity index (χ2v) is 5.10. The van der Waals surface area contributed by atoms with E-state index in [-0.39, 0.29) is 5.75 Å². The van der Waals surface area contributed by atoms with E-state index in [4.69, 9.17) is 0 Å². The lowest BCUT2D eigenvalue weighted by atomic mass is 10.1. The van der Waals surface area contributed by atoms with Gasteiger partial charge in [0.15, 0.2) is 0 Å². The molecule has 0 fully saturated rings. The van der Waals surface area contributed by atoms with E-state index < -0.39 is 10.1 Å². The first kappa shape index (κ1) is 13.8. The Kier molecular flexibility index (Phi) is 8.08. The molecule has 0 aromatic rings. The summed E-state index contributed by atoms with van der Waals surface area (Å²) >= 11 is 0. The minimum Gasteiger partial charge on any atom is -0.197 e. The van der Waals surface area contributed by atoms with Crippen molar-refractivity contribution in [3.05, 3.63) is 0 Å². The summed E-state index contributed by atoms with van der Waals surface area (Å²) in [5.74, 6) is -0.211. The largest absolute Gasteiger partial charge is 0.297 e. The topological polar surface area (TPSA) is 43.4 Å². The van der Waals surface area contributed by atoms with E-state index >= 15 is 0 Å². The van der Waals surface area contributed by atoms with Crippen LogP contribution in [0.5, 0.6) is 0 Å². The van der Waals surface area contributed by atoms with Crippen LogP contribution >= 0.6 is 0 Å². The molecule has 3 nitrogen and oxygen atoms in total. The molecule has 0 aliphatic rings. The van der Waals surface area contributed by atoms with E-state index in [1.807, 2.05) is 0 Å². The Bertz CT molecular complexity index is 214. The lowest BCUT2D eigenvalue weighted by Gasteiger charge is -2.00. The normalized spacial score (nSPS) is 11.9. The summed E-state index contributed by atoms with van der Waals surface area (Å²) in [4.78, 5) is 0. The standard InChI is InChI=1S/C9H19FO3S/c1-2-3-4-5-6-7-8-9-14(11,12)13-10/h2-9H2,1H3. The molecular formula is C9H19FO3S. The summed E-state index contributed by atoms with van der Waals surface area (Å²) in [6.07, 6.45) is 7.08. The van der Waals surface area contributed by atoms with Crippen LogP contribution in [0, 0.1) is 0 Å². The summed E-state index contributed by atoms with van der Waals surface area (Å²) in [7, 11) is -3.88. The summed E-state index contributed by atoms with van der Waals surface area (Å²) in [6.45, 7) is 2.14. The molecule has 86 valence electrons. The Morgan fingerprint density at radius 1 is 1.00 bits per heavy atom. The van der Waals surface area contributed by atoms with Crippen LogP contribution in [0.3, 0.4) is 0 Å². The van der Waals surface area contributed by atoms with Crippen LogP contribution in [0.1, 0.15) is 51.9 Å². The molecule has 0 bridgehead atoms. The molecule has 14 heavy (non-hydrogen) atoms. The predicted octanol–water partition coefficient (Wildman–Crippen LogP) is 2.97. The molecule has 0 spiro atoms. The lowest BCUT2D eigenvalue weighted by molar-refractivity contribution is 0.00288. The Morgan fingerprint density at radius 3 is 2.00 bits per heavy atom. The maximum absolute atomic E-state index is 11.4. The van der Waals surface area contributed by atoms with Crippen molar-refractivity contribution in [2.24, 2.45) is 0 Å².